The molecule has 1 spiro atoms. The summed E-state index contributed by atoms with van der Waals surface area (Å²) >= 11 is 0. The van der Waals surface area contributed by atoms with Crippen LogP contribution in [0.5, 0.6) is 0 Å². The van der Waals surface area contributed by atoms with E-state index < -0.39 is 5.41 Å². The molecule has 68 heavy (non-hydrogen) atoms. The third kappa shape index (κ3) is 5.64. The molecule has 0 radical (unpaired) electrons. The SMILES string of the molecule is CCC(C)c1cccc2c3cc(-c4cccc5c4-c4ccc(-c6nc(-c7ccccc7)c(C)c(-c7ccccc7C)n6)cc4C54c5ccccc5-c5ccccc54)ccc3c3cccc(C)c3c12. The normalized spacial score (nSPS) is 13.5. The molecular formula is C66H50N2. The molecule has 0 N–H and O–H groups in total. The second kappa shape index (κ2) is 15.3. The average Bonchev–Trinajstić information content (AvgIpc) is 3.86. The fraction of sp³-hybridized carbons (Fsp3) is 0.121. The molecular weight excluding hydrogens is 821 g/mol. The van der Waals surface area contributed by atoms with Crippen LogP contribution >= 0.6 is 0 Å². The maximum atomic E-state index is 5.50. The van der Waals surface area contributed by atoms with Gasteiger partial charge in [-0.2, -0.15) is 0 Å². The summed E-state index contributed by atoms with van der Waals surface area (Å²) in [5.74, 6) is 1.17. The molecule has 0 amide bonds. The van der Waals surface area contributed by atoms with Crippen LogP contribution in [0.4, 0.5) is 0 Å². The van der Waals surface area contributed by atoms with Gasteiger partial charge >= 0.3 is 0 Å². The summed E-state index contributed by atoms with van der Waals surface area (Å²) < 4.78 is 0. The highest BCUT2D eigenvalue weighted by Gasteiger charge is 2.52. The first-order valence-electron chi connectivity index (χ1n) is 24.2. The van der Waals surface area contributed by atoms with Crippen molar-refractivity contribution in [1.82, 2.24) is 9.97 Å². The highest BCUT2D eigenvalue weighted by atomic mass is 14.9. The standard InChI is InChI=1S/C66H50N2/c1-6-39(2)46-26-17-29-53-55-37-44(33-35-49(55)52-28-16-20-41(4)60(52)62(46)53)48-27-18-32-58-61(48)54-36-34-45(38-59(54)66(58)56-30-14-12-24-50(56)51-25-13-15-31-57(51)66)65-67-63(43-21-8-7-9-22-43)42(5)64(68-65)47-23-11-10-19-40(47)3/h7-39H,6H2,1-5H3. The van der Waals surface area contributed by atoms with Crippen molar-refractivity contribution in [2.24, 2.45) is 0 Å². The van der Waals surface area contributed by atoms with Gasteiger partial charge in [0.15, 0.2) is 5.82 Å². The van der Waals surface area contributed by atoms with Gasteiger partial charge in [-0.1, -0.05) is 196 Å². The lowest BCUT2D eigenvalue weighted by Gasteiger charge is -2.30. The highest BCUT2D eigenvalue weighted by Crippen LogP contribution is 2.64. The molecule has 2 heteroatoms. The Kier molecular flexibility index (Phi) is 9.08. The Morgan fingerprint density at radius 1 is 0.412 bits per heavy atom. The fourth-order valence-corrected chi connectivity index (χ4v) is 12.3. The third-order valence-corrected chi connectivity index (χ3v) is 15.6. The molecule has 324 valence electrons. The minimum absolute atomic E-state index is 0.443. The topological polar surface area (TPSA) is 25.8 Å². The molecule has 2 aliphatic rings. The summed E-state index contributed by atoms with van der Waals surface area (Å²) in [5, 5.41) is 8.02. The van der Waals surface area contributed by atoms with Crippen LogP contribution in [0.25, 0.3) is 99.6 Å². The van der Waals surface area contributed by atoms with Crippen LogP contribution in [0.3, 0.4) is 0 Å². The van der Waals surface area contributed by atoms with Crippen LogP contribution in [0.1, 0.15) is 70.7 Å². The smallest absolute Gasteiger partial charge is 0.160 e. The minimum atomic E-state index is -0.557. The summed E-state index contributed by atoms with van der Waals surface area (Å²) in [6.07, 6.45) is 1.09. The number of rotatable bonds is 6. The maximum absolute atomic E-state index is 5.50. The van der Waals surface area contributed by atoms with E-state index in [1.165, 1.54) is 105 Å². The van der Waals surface area contributed by atoms with E-state index in [-0.39, 0.29) is 0 Å². The van der Waals surface area contributed by atoms with Gasteiger partial charge in [-0.3, -0.25) is 0 Å². The molecule has 2 nitrogen and oxygen atoms in total. The van der Waals surface area contributed by atoms with E-state index in [9.17, 15) is 0 Å². The molecule has 1 unspecified atom stereocenters. The van der Waals surface area contributed by atoms with Crippen LogP contribution < -0.4 is 0 Å². The lowest BCUT2D eigenvalue weighted by atomic mass is 9.70. The molecule has 0 saturated carbocycles. The van der Waals surface area contributed by atoms with Crippen LogP contribution in [0.15, 0.2) is 194 Å². The van der Waals surface area contributed by atoms with Crippen molar-refractivity contribution in [1.29, 1.82) is 0 Å². The van der Waals surface area contributed by atoms with Crippen molar-refractivity contribution in [2.75, 3.05) is 0 Å². The second-order valence-electron chi connectivity index (χ2n) is 19.2. The van der Waals surface area contributed by atoms with Crippen LogP contribution in [0, 0.1) is 20.8 Å². The Morgan fingerprint density at radius 3 is 1.76 bits per heavy atom. The van der Waals surface area contributed by atoms with Gasteiger partial charge in [0.2, 0.25) is 0 Å². The van der Waals surface area contributed by atoms with Gasteiger partial charge in [-0.15, -0.1) is 0 Å². The maximum Gasteiger partial charge on any atom is 0.160 e. The van der Waals surface area contributed by atoms with E-state index in [1.54, 1.807) is 0 Å². The molecule has 11 aromatic rings. The fourth-order valence-electron chi connectivity index (χ4n) is 12.3. The summed E-state index contributed by atoms with van der Waals surface area (Å²) in [4.78, 5) is 11.0. The van der Waals surface area contributed by atoms with Crippen LogP contribution in [-0.2, 0) is 5.41 Å². The lowest BCUT2D eigenvalue weighted by molar-refractivity contribution is 0.740. The number of fused-ring (bicyclic) bond motifs is 16. The third-order valence-electron chi connectivity index (χ3n) is 15.6. The van der Waals surface area contributed by atoms with Crippen molar-refractivity contribution >= 4 is 32.3 Å². The van der Waals surface area contributed by atoms with Gasteiger partial charge < -0.3 is 0 Å². The Labute approximate surface area is 398 Å². The van der Waals surface area contributed by atoms with Crippen molar-refractivity contribution in [3.63, 3.8) is 0 Å². The zero-order valence-electron chi connectivity index (χ0n) is 39.2. The molecule has 0 fully saturated rings. The lowest BCUT2D eigenvalue weighted by Crippen LogP contribution is -2.26. The number of hydrogen-bond acceptors (Lipinski definition) is 2. The molecule has 1 atom stereocenters. The van der Waals surface area contributed by atoms with Crippen molar-refractivity contribution in [2.45, 2.75) is 52.4 Å². The number of nitrogens with zero attached hydrogens (tertiary/aromatic N) is 2. The van der Waals surface area contributed by atoms with Crippen LogP contribution in [0.2, 0.25) is 0 Å². The highest BCUT2D eigenvalue weighted by molar-refractivity contribution is 6.27. The first-order chi connectivity index (χ1) is 33.4. The molecule has 13 rings (SSSR count). The Balaban J connectivity index is 1.10. The van der Waals surface area contributed by atoms with E-state index in [1.807, 2.05) is 0 Å². The monoisotopic (exact) mass is 870 g/mol. The Hall–Kier alpha value is -7.94. The number of aromatic nitrogens is 2. The summed E-state index contributed by atoms with van der Waals surface area (Å²) in [7, 11) is 0. The van der Waals surface area contributed by atoms with E-state index >= 15 is 0 Å². The molecule has 1 aromatic heterocycles. The number of benzene rings is 10. The number of hydrogen-bond donors (Lipinski definition) is 0. The van der Waals surface area contributed by atoms with E-state index in [4.69, 9.17) is 9.97 Å². The molecule has 1 heterocycles. The van der Waals surface area contributed by atoms with E-state index in [0.29, 0.717) is 5.92 Å². The van der Waals surface area contributed by atoms with Gasteiger partial charge in [0.25, 0.3) is 0 Å². The predicted octanol–water partition coefficient (Wildman–Crippen LogP) is 17.4. The van der Waals surface area contributed by atoms with E-state index in [0.717, 1.165) is 45.9 Å². The van der Waals surface area contributed by atoms with Gasteiger partial charge in [0.1, 0.15) is 0 Å². The Morgan fingerprint density at radius 2 is 1.01 bits per heavy atom. The molecule has 0 aliphatic heterocycles. The van der Waals surface area contributed by atoms with Gasteiger partial charge in [-0.25, -0.2) is 9.97 Å². The first-order valence-corrected chi connectivity index (χ1v) is 24.2. The molecule has 2 aliphatic carbocycles. The van der Waals surface area contributed by atoms with Gasteiger partial charge in [0.05, 0.1) is 16.8 Å². The van der Waals surface area contributed by atoms with Crippen molar-refractivity contribution < 1.29 is 0 Å². The molecule has 0 saturated heterocycles. The van der Waals surface area contributed by atoms with Crippen LogP contribution in [-0.4, -0.2) is 9.97 Å². The Bertz CT molecular complexity index is 3850. The average molecular weight is 871 g/mol. The first kappa shape index (κ1) is 40.3. The van der Waals surface area contributed by atoms with Gasteiger partial charge in [0, 0.05) is 22.3 Å². The van der Waals surface area contributed by atoms with Crippen molar-refractivity contribution in [3.8, 4) is 67.3 Å². The zero-order valence-corrected chi connectivity index (χ0v) is 39.2. The summed E-state index contributed by atoms with van der Waals surface area (Å²) in [6, 6.07) is 72.5. The van der Waals surface area contributed by atoms with Gasteiger partial charge in [-0.05, 0) is 150 Å². The summed E-state index contributed by atoms with van der Waals surface area (Å²) in [6.45, 7) is 11.3. The second-order valence-corrected chi connectivity index (χ2v) is 19.2. The summed E-state index contributed by atoms with van der Waals surface area (Å²) in [5.41, 5.74) is 22.4. The molecule has 10 aromatic carbocycles. The number of aryl methyl sites for hydroxylation is 2. The predicted molar refractivity (Wildman–Crippen MR) is 286 cm³/mol. The van der Waals surface area contributed by atoms with Crippen molar-refractivity contribution in [3.05, 3.63) is 239 Å². The quantitative estimate of drug-likeness (QED) is 0.156. The zero-order chi connectivity index (χ0) is 45.8. The minimum Gasteiger partial charge on any atom is -0.228 e. The largest absolute Gasteiger partial charge is 0.228 e. The molecule has 0 bridgehead atoms. The van der Waals surface area contributed by atoms with E-state index in [2.05, 4.69) is 229 Å².